The van der Waals surface area contributed by atoms with E-state index in [9.17, 15) is 9.59 Å². The molecule has 0 bridgehead atoms. The quantitative estimate of drug-likeness (QED) is 0.0168. The minimum atomic E-state index is -0.744. The number of nitrogens with zero attached hydrogens (tertiary/aromatic N) is 2. The first-order chi connectivity index (χ1) is 21.4. The van der Waals surface area contributed by atoms with Crippen LogP contribution in [-0.2, 0) is 9.59 Å². The van der Waals surface area contributed by atoms with Gasteiger partial charge in [0.15, 0.2) is 5.96 Å². The maximum Gasteiger partial charge on any atom is 0.241 e. The second-order valence-electron chi connectivity index (χ2n) is 12.5. The van der Waals surface area contributed by atoms with Crippen molar-refractivity contribution < 1.29 is 9.59 Å². The molecule has 0 aromatic heterocycles. The van der Waals surface area contributed by atoms with Crippen molar-refractivity contribution in [3.05, 3.63) is 0 Å². The van der Waals surface area contributed by atoms with Crippen molar-refractivity contribution in [3.8, 4) is 0 Å². The summed E-state index contributed by atoms with van der Waals surface area (Å²) < 4.78 is 3.00. The fraction of sp³-hybridized carbons (Fsp3) is 0.912. The summed E-state index contributed by atoms with van der Waals surface area (Å²) in [6.45, 7) is 6.60. The van der Waals surface area contributed by atoms with Gasteiger partial charge in [0.2, 0.25) is 11.8 Å². The molecule has 0 aliphatic rings. The van der Waals surface area contributed by atoms with Gasteiger partial charge in [-0.15, -0.1) is 0 Å². The second kappa shape index (κ2) is 31.8. The molecule has 0 saturated carbocycles. The second-order valence-corrected chi connectivity index (χ2v) is 13.1. The van der Waals surface area contributed by atoms with Gasteiger partial charge >= 0.3 is 0 Å². The molecule has 0 saturated heterocycles. The van der Waals surface area contributed by atoms with Crippen LogP contribution >= 0.6 is 22.9 Å². The molecule has 0 fully saturated rings. The Hall–Kier alpha value is -1.14. The molecule has 8 N–H and O–H groups in total. The number of hydrogen-bond acceptors (Lipinski definition) is 5. The van der Waals surface area contributed by atoms with Crippen molar-refractivity contribution in [1.29, 1.82) is 0 Å². The Morgan fingerprint density at radius 3 is 1.48 bits per heavy atom. The lowest BCUT2D eigenvalue weighted by Gasteiger charge is -2.26. The molecule has 2 unspecified atom stereocenters. The van der Waals surface area contributed by atoms with Gasteiger partial charge in [0, 0.05) is 49.0 Å². The molecular formula is C34H70IN7O2. The molecule has 0 aliphatic heterocycles. The van der Waals surface area contributed by atoms with Crippen LogP contribution in [0.1, 0.15) is 162 Å². The predicted octanol–water partition coefficient (Wildman–Crippen LogP) is 6.85. The van der Waals surface area contributed by atoms with Crippen molar-refractivity contribution in [2.75, 3.05) is 26.2 Å². The molecule has 44 heavy (non-hydrogen) atoms. The molecule has 0 aromatic carbocycles. The molecule has 2 atom stereocenters. The third-order valence-corrected chi connectivity index (χ3v) is 9.08. The number of aliphatic imine (C=N–C) groups is 1. The topological polar surface area (TPSA) is 152 Å². The summed E-state index contributed by atoms with van der Waals surface area (Å²) in [4.78, 5) is 31.9. The smallest absolute Gasteiger partial charge is 0.241 e. The average Bonchev–Trinajstić information content (AvgIpc) is 3.01. The molecule has 0 radical (unpaired) electrons. The number of guanidine groups is 1. The molecule has 0 aromatic rings. The third kappa shape index (κ3) is 26.1. The Bertz CT molecular complexity index is 707. The van der Waals surface area contributed by atoms with Crippen LogP contribution in [0, 0.1) is 0 Å². The van der Waals surface area contributed by atoms with Crippen molar-refractivity contribution in [2.45, 2.75) is 174 Å². The molecule has 2 amide bonds. The largest absolute Gasteiger partial charge is 0.370 e. The fourth-order valence-electron chi connectivity index (χ4n) is 5.48. The molecule has 10 heteroatoms. The normalized spacial score (nSPS) is 12.5. The molecule has 9 nitrogen and oxygen atoms in total. The minimum Gasteiger partial charge on any atom is -0.370 e. The summed E-state index contributed by atoms with van der Waals surface area (Å²) in [5.41, 5.74) is 17.1. The van der Waals surface area contributed by atoms with Crippen molar-refractivity contribution in [3.63, 3.8) is 0 Å². The van der Waals surface area contributed by atoms with Crippen molar-refractivity contribution in [1.82, 2.24) is 13.7 Å². The molecular weight excluding hydrogens is 665 g/mol. The Labute approximate surface area is 284 Å². The van der Waals surface area contributed by atoms with Crippen LogP contribution in [0.4, 0.5) is 0 Å². The maximum absolute atomic E-state index is 13.3. The number of carbonyl (C=O) groups is 2. The number of unbranched alkanes of at least 4 members (excludes halogenated alkanes) is 19. The van der Waals surface area contributed by atoms with E-state index < -0.39 is 12.1 Å². The van der Waals surface area contributed by atoms with Gasteiger partial charge in [-0.2, -0.15) is 0 Å². The highest BCUT2D eigenvalue weighted by Gasteiger charge is 2.23. The Balaban J connectivity index is 4.48. The first-order valence-corrected chi connectivity index (χ1v) is 19.2. The highest BCUT2D eigenvalue weighted by molar-refractivity contribution is 14.1. The summed E-state index contributed by atoms with van der Waals surface area (Å²) in [6.07, 6.45) is 28.2. The minimum absolute atomic E-state index is 0.0491. The van der Waals surface area contributed by atoms with Crippen molar-refractivity contribution >= 4 is 40.6 Å². The lowest BCUT2D eigenvalue weighted by Crippen LogP contribution is -2.52. The van der Waals surface area contributed by atoms with Gasteiger partial charge in [-0.1, -0.05) is 136 Å². The molecule has 0 rings (SSSR count). The summed E-state index contributed by atoms with van der Waals surface area (Å²) in [5, 5.41) is 2.87. The van der Waals surface area contributed by atoms with Crippen LogP contribution < -0.4 is 26.0 Å². The fourth-order valence-corrected chi connectivity index (χ4v) is 6.08. The maximum atomic E-state index is 13.3. The number of rotatable bonds is 32. The Morgan fingerprint density at radius 2 is 1.09 bits per heavy atom. The zero-order valence-electron chi connectivity index (χ0n) is 28.6. The van der Waals surface area contributed by atoms with Gasteiger partial charge in [-0.25, -0.2) is 3.53 Å². The number of nitrogens with two attached hydrogens (primary N) is 3. The highest BCUT2D eigenvalue weighted by atomic mass is 127. The van der Waals surface area contributed by atoms with Gasteiger partial charge in [-0.05, 0) is 25.7 Å². The number of hydrogen-bond donors (Lipinski definition) is 5. The van der Waals surface area contributed by atoms with Crippen LogP contribution in [0.15, 0.2) is 4.99 Å². The molecule has 0 spiro atoms. The first-order valence-electron chi connectivity index (χ1n) is 18.1. The summed E-state index contributed by atoms with van der Waals surface area (Å²) in [7, 11) is 0. The number of carbonyl (C=O) groups excluding carboxylic acids is 2. The first kappa shape index (κ1) is 42.9. The molecule has 0 heterocycles. The van der Waals surface area contributed by atoms with Crippen molar-refractivity contribution in [2.24, 2.45) is 22.2 Å². The van der Waals surface area contributed by atoms with E-state index in [1.165, 1.54) is 109 Å². The van der Waals surface area contributed by atoms with Gasteiger partial charge in [0.05, 0.1) is 6.04 Å². The van der Waals surface area contributed by atoms with Crippen LogP contribution in [0.3, 0.4) is 0 Å². The van der Waals surface area contributed by atoms with E-state index in [-0.39, 0.29) is 24.3 Å². The zero-order chi connectivity index (χ0) is 32.7. The van der Waals surface area contributed by atoms with E-state index in [0.717, 1.165) is 38.8 Å². The van der Waals surface area contributed by atoms with E-state index in [4.69, 9.17) is 17.2 Å². The Kier molecular flexibility index (Phi) is 31.0. The summed E-state index contributed by atoms with van der Waals surface area (Å²) in [5.74, 6) is -0.177. The number of nitrogens with one attached hydrogen (secondary N) is 2. The lowest BCUT2D eigenvalue weighted by atomic mass is 10.0. The number of halogens is 1. The van der Waals surface area contributed by atoms with E-state index in [1.807, 2.05) is 27.8 Å². The van der Waals surface area contributed by atoms with Crippen LogP contribution in [0.2, 0.25) is 0 Å². The summed E-state index contributed by atoms with van der Waals surface area (Å²) >= 11 is 1.98. The lowest BCUT2D eigenvalue weighted by molar-refractivity contribution is -0.133. The van der Waals surface area contributed by atoms with E-state index in [2.05, 4.69) is 27.7 Å². The highest BCUT2D eigenvalue weighted by Crippen LogP contribution is 2.14. The average molecular weight is 736 g/mol. The van der Waals surface area contributed by atoms with E-state index in [1.54, 1.807) is 0 Å². The molecule has 260 valence electrons. The van der Waals surface area contributed by atoms with Crippen LogP contribution in [0.25, 0.3) is 0 Å². The van der Waals surface area contributed by atoms with Gasteiger partial charge in [-0.3, -0.25) is 14.6 Å². The Morgan fingerprint density at radius 1 is 0.682 bits per heavy atom. The van der Waals surface area contributed by atoms with Crippen LogP contribution in [0.5, 0.6) is 0 Å². The SMILES string of the molecule is CCCCCCCCCCCCCCCCN(CCCCCCCCC)C(=O)C(N)CNC(=O)C(CCCN=C(N)N)NI. The molecule has 0 aliphatic carbocycles. The van der Waals surface area contributed by atoms with E-state index >= 15 is 0 Å². The predicted molar refractivity (Wildman–Crippen MR) is 197 cm³/mol. The van der Waals surface area contributed by atoms with Gasteiger partial charge in [0.1, 0.15) is 6.04 Å². The van der Waals surface area contributed by atoms with Gasteiger partial charge < -0.3 is 27.4 Å². The third-order valence-electron chi connectivity index (χ3n) is 8.33. The monoisotopic (exact) mass is 735 g/mol. The van der Waals surface area contributed by atoms with Crippen LogP contribution in [-0.4, -0.2) is 60.9 Å². The zero-order valence-corrected chi connectivity index (χ0v) is 30.7. The van der Waals surface area contributed by atoms with Gasteiger partial charge in [0.25, 0.3) is 0 Å². The number of amides is 2. The summed E-state index contributed by atoms with van der Waals surface area (Å²) in [6, 6.07) is -1.14. The van der Waals surface area contributed by atoms with E-state index in [0.29, 0.717) is 19.4 Å². The standard InChI is InChI=1S/C34H70IN7O2/c1-3-5-7-9-11-12-13-14-15-16-17-19-21-23-28-42(27-22-20-18-10-8-6-4-2)33(44)30(36)29-40-32(43)31(41-35)25-24-26-39-34(37)38/h30-31,41H,3-29,36H2,1-2H3,(H,40,43)(H4,37,38,39).